The molecule has 2 aromatic carbocycles. The van der Waals surface area contributed by atoms with Crippen LogP contribution in [0.2, 0.25) is 0 Å². The van der Waals surface area contributed by atoms with Gasteiger partial charge in [0.2, 0.25) is 5.75 Å². The maximum atomic E-state index is 12.8. The fourth-order valence-corrected chi connectivity index (χ4v) is 3.48. The van der Waals surface area contributed by atoms with Crippen LogP contribution in [0.5, 0.6) is 23.0 Å². The lowest BCUT2D eigenvalue weighted by atomic mass is 9.86. The van der Waals surface area contributed by atoms with Crippen molar-refractivity contribution < 1.29 is 24.1 Å². The molecule has 27 heavy (non-hydrogen) atoms. The number of methoxy groups -OCH3 is 2. The van der Waals surface area contributed by atoms with Crippen molar-refractivity contribution >= 4 is 16.9 Å². The minimum Gasteiger partial charge on any atom is -0.502 e. The molecule has 0 saturated carbocycles. The lowest BCUT2D eigenvalue weighted by Gasteiger charge is -2.25. The Balaban J connectivity index is 1.99. The molecule has 3 aromatic rings. The number of benzene rings is 2. The normalized spacial score (nSPS) is 15.9. The summed E-state index contributed by atoms with van der Waals surface area (Å²) in [6.07, 6.45) is -0.00843. The predicted molar refractivity (Wildman–Crippen MR) is 97.9 cm³/mol. The van der Waals surface area contributed by atoms with Gasteiger partial charge in [-0.1, -0.05) is 12.1 Å². The molecule has 1 unspecified atom stereocenters. The molecule has 4 rings (SSSR count). The number of carbonyl (C=O) groups excluding carboxylic acids is 1. The summed E-state index contributed by atoms with van der Waals surface area (Å²) < 4.78 is 15.8. The first-order valence-electron chi connectivity index (χ1n) is 8.34. The van der Waals surface area contributed by atoms with Gasteiger partial charge in [0.25, 0.3) is 5.56 Å². The van der Waals surface area contributed by atoms with Crippen LogP contribution in [0.25, 0.3) is 10.9 Å². The van der Waals surface area contributed by atoms with E-state index >= 15 is 0 Å². The fraction of sp³-hybridized carbons (Fsp3) is 0.200. The number of aromatic amines is 1. The number of esters is 1. The van der Waals surface area contributed by atoms with Gasteiger partial charge in [0, 0.05) is 11.3 Å². The number of hydrogen-bond donors (Lipinski definition) is 2. The third-order valence-electron chi connectivity index (χ3n) is 4.75. The highest BCUT2D eigenvalue weighted by atomic mass is 16.5. The molecule has 2 heterocycles. The average Bonchev–Trinajstić information content (AvgIpc) is 2.67. The van der Waals surface area contributed by atoms with E-state index in [1.54, 1.807) is 30.3 Å². The molecule has 0 bridgehead atoms. The van der Waals surface area contributed by atoms with Crippen molar-refractivity contribution in [1.29, 1.82) is 0 Å². The van der Waals surface area contributed by atoms with E-state index in [1.807, 2.05) is 6.07 Å². The monoisotopic (exact) mass is 367 g/mol. The smallest absolute Gasteiger partial charge is 0.312 e. The Morgan fingerprint density at radius 1 is 1.11 bits per heavy atom. The van der Waals surface area contributed by atoms with Crippen molar-refractivity contribution in [2.24, 2.45) is 0 Å². The first-order chi connectivity index (χ1) is 13.0. The Morgan fingerprint density at radius 3 is 2.44 bits per heavy atom. The van der Waals surface area contributed by atoms with E-state index < -0.39 is 11.9 Å². The molecule has 2 N–H and O–H groups in total. The predicted octanol–water partition coefficient (Wildman–Crippen LogP) is 2.69. The van der Waals surface area contributed by atoms with Crippen molar-refractivity contribution in [2.75, 3.05) is 14.2 Å². The number of pyridine rings is 1. The second-order valence-corrected chi connectivity index (χ2v) is 6.25. The van der Waals surface area contributed by atoms with E-state index in [-0.39, 0.29) is 35.0 Å². The van der Waals surface area contributed by atoms with Gasteiger partial charge < -0.3 is 24.3 Å². The molecule has 0 saturated heterocycles. The number of H-pyrrole nitrogens is 1. The van der Waals surface area contributed by atoms with Crippen LogP contribution in [-0.2, 0) is 4.79 Å². The molecule has 0 radical (unpaired) electrons. The number of carbonyl (C=O) groups is 1. The second-order valence-electron chi connectivity index (χ2n) is 6.25. The molecule has 0 spiro atoms. The third-order valence-corrected chi connectivity index (χ3v) is 4.75. The van der Waals surface area contributed by atoms with Crippen molar-refractivity contribution in [3.05, 3.63) is 57.9 Å². The molecule has 138 valence electrons. The molecule has 7 heteroatoms. The van der Waals surface area contributed by atoms with Crippen LogP contribution in [0.4, 0.5) is 0 Å². The van der Waals surface area contributed by atoms with Gasteiger partial charge in [-0.15, -0.1) is 0 Å². The van der Waals surface area contributed by atoms with E-state index in [2.05, 4.69) is 4.98 Å². The summed E-state index contributed by atoms with van der Waals surface area (Å²) in [6, 6.07) is 10.3. The molecule has 1 aliphatic heterocycles. The van der Waals surface area contributed by atoms with E-state index in [4.69, 9.17) is 14.2 Å². The number of para-hydroxylation sites is 1. The highest BCUT2D eigenvalue weighted by molar-refractivity contribution is 5.91. The first-order valence-corrected chi connectivity index (χ1v) is 8.34. The maximum Gasteiger partial charge on any atom is 0.312 e. The zero-order valence-corrected chi connectivity index (χ0v) is 14.7. The SMILES string of the molecule is COc1cc(C2CC(=O)Oc3c2c(=O)[nH]c2ccccc32)cc(OC)c1O. The van der Waals surface area contributed by atoms with Gasteiger partial charge in [-0.2, -0.15) is 0 Å². The van der Waals surface area contributed by atoms with Gasteiger partial charge in [0.15, 0.2) is 11.5 Å². The van der Waals surface area contributed by atoms with E-state index in [9.17, 15) is 14.7 Å². The molecule has 0 aliphatic carbocycles. The Kier molecular flexibility index (Phi) is 3.99. The van der Waals surface area contributed by atoms with Gasteiger partial charge in [0.1, 0.15) is 5.75 Å². The first kappa shape index (κ1) is 17.0. The summed E-state index contributed by atoms with van der Waals surface area (Å²) in [5.41, 5.74) is 1.24. The molecule has 1 aliphatic rings. The van der Waals surface area contributed by atoms with Crippen LogP contribution >= 0.6 is 0 Å². The molecular weight excluding hydrogens is 350 g/mol. The zero-order chi connectivity index (χ0) is 19.1. The number of rotatable bonds is 3. The standard InChI is InChI=1S/C20H17NO6/c1-25-14-7-10(8-15(26-2)18(14)23)12-9-16(22)27-19-11-5-3-4-6-13(11)21-20(24)17(12)19/h3-8,12,23H,9H2,1-2H3,(H,21,24). The highest BCUT2D eigenvalue weighted by Crippen LogP contribution is 2.45. The summed E-state index contributed by atoms with van der Waals surface area (Å²) in [4.78, 5) is 27.9. The second kappa shape index (κ2) is 6.35. The van der Waals surface area contributed by atoms with Crippen LogP contribution in [0, 0.1) is 0 Å². The van der Waals surface area contributed by atoms with Crippen LogP contribution in [0.15, 0.2) is 41.2 Å². The number of nitrogens with one attached hydrogen (secondary N) is 1. The van der Waals surface area contributed by atoms with E-state index in [0.717, 1.165) is 0 Å². The highest BCUT2D eigenvalue weighted by Gasteiger charge is 2.33. The summed E-state index contributed by atoms with van der Waals surface area (Å²) in [6.45, 7) is 0. The molecule has 1 aromatic heterocycles. The number of aromatic hydroxyl groups is 1. The average molecular weight is 367 g/mol. The number of hydrogen-bond acceptors (Lipinski definition) is 6. The Hall–Kier alpha value is -3.48. The van der Waals surface area contributed by atoms with Gasteiger partial charge >= 0.3 is 5.97 Å². The number of phenols is 1. The van der Waals surface area contributed by atoms with E-state index in [0.29, 0.717) is 22.0 Å². The van der Waals surface area contributed by atoms with Crippen LogP contribution in [0.3, 0.4) is 0 Å². The molecule has 1 atom stereocenters. The molecular formula is C20H17NO6. The molecule has 0 amide bonds. The van der Waals surface area contributed by atoms with Crippen LogP contribution < -0.4 is 19.8 Å². The van der Waals surface area contributed by atoms with Gasteiger partial charge in [0.05, 0.1) is 31.7 Å². The van der Waals surface area contributed by atoms with Gasteiger partial charge in [-0.3, -0.25) is 9.59 Å². The minimum atomic E-state index is -0.557. The van der Waals surface area contributed by atoms with Crippen LogP contribution in [-0.4, -0.2) is 30.3 Å². The zero-order valence-electron chi connectivity index (χ0n) is 14.7. The number of phenolic OH excluding ortho intramolecular Hbond substituents is 1. The number of ether oxygens (including phenoxy) is 3. The minimum absolute atomic E-state index is 0.00843. The van der Waals surface area contributed by atoms with Gasteiger partial charge in [-0.25, -0.2) is 0 Å². The Labute approximate surface area is 154 Å². The van der Waals surface area contributed by atoms with Gasteiger partial charge in [-0.05, 0) is 29.8 Å². The molecule has 7 nitrogen and oxygen atoms in total. The quantitative estimate of drug-likeness (QED) is 0.691. The maximum absolute atomic E-state index is 12.8. The summed E-state index contributed by atoms with van der Waals surface area (Å²) in [5, 5.41) is 10.8. The van der Waals surface area contributed by atoms with Crippen molar-refractivity contribution in [3.63, 3.8) is 0 Å². The lowest BCUT2D eigenvalue weighted by molar-refractivity contribution is -0.135. The summed E-state index contributed by atoms with van der Waals surface area (Å²) in [7, 11) is 2.84. The topological polar surface area (TPSA) is 97.9 Å². The third kappa shape index (κ3) is 2.68. The van der Waals surface area contributed by atoms with E-state index in [1.165, 1.54) is 14.2 Å². The Bertz CT molecular complexity index is 1090. The lowest BCUT2D eigenvalue weighted by Crippen LogP contribution is -2.28. The van der Waals surface area contributed by atoms with Crippen molar-refractivity contribution in [2.45, 2.75) is 12.3 Å². The molecule has 0 fully saturated rings. The summed E-state index contributed by atoms with van der Waals surface area (Å²) >= 11 is 0. The van der Waals surface area contributed by atoms with Crippen molar-refractivity contribution in [1.82, 2.24) is 4.98 Å². The van der Waals surface area contributed by atoms with Crippen molar-refractivity contribution in [3.8, 4) is 23.0 Å². The summed E-state index contributed by atoms with van der Waals surface area (Å²) in [5.74, 6) is -0.479. The largest absolute Gasteiger partial charge is 0.502 e. The Morgan fingerprint density at radius 2 is 1.78 bits per heavy atom. The number of fused-ring (bicyclic) bond motifs is 3. The van der Waals surface area contributed by atoms with Crippen LogP contribution in [0.1, 0.15) is 23.5 Å². The number of aromatic nitrogens is 1. The fourth-order valence-electron chi connectivity index (χ4n) is 3.48.